The molecule has 1 aromatic carbocycles. The van der Waals surface area contributed by atoms with Gasteiger partial charge in [0.1, 0.15) is 5.69 Å². The zero-order chi connectivity index (χ0) is 13.7. The first-order valence-electron chi connectivity index (χ1n) is 5.88. The van der Waals surface area contributed by atoms with E-state index in [1.165, 1.54) is 0 Å². The molecule has 1 aromatic heterocycles. The van der Waals surface area contributed by atoms with Gasteiger partial charge in [-0.3, -0.25) is 4.68 Å². The van der Waals surface area contributed by atoms with Gasteiger partial charge < -0.3 is 10.4 Å². The van der Waals surface area contributed by atoms with Gasteiger partial charge in [-0.05, 0) is 50.4 Å². The van der Waals surface area contributed by atoms with E-state index in [-0.39, 0.29) is 6.61 Å². The van der Waals surface area contributed by atoms with Crippen molar-refractivity contribution in [2.45, 2.75) is 19.5 Å². The van der Waals surface area contributed by atoms with E-state index in [2.05, 4.69) is 47.5 Å². The quantitative estimate of drug-likeness (QED) is 0.797. The average molecular weight is 390 g/mol. The van der Waals surface area contributed by atoms with Gasteiger partial charge in [-0.2, -0.15) is 0 Å². The van der Waals surface area contributed by atoms with Crippen molar-refractivity contribution in [3.05, 3.63) is 39.0 Å². The van der Waals surface area contributed by atoms with Gasteiger partial charge in [0.15, 0.2) is 0 Å². The van der Waals surface area contributed by atoms with Crippen LogP contribution in [-0.4, -0.2) is 26.7 Å². The number of benzene rings is 1. The summed E-state index contributed by atoms with van der Waals surface area (Å²) < 4.78 is 3.73. The molecule has 5 nitrogen and oxygen atoms in total. The van der Waals surface area contributed by atoms with E-state index in [1.807, 2.05) is 24.4 Å². The van der Waals surface area contributed by atoms with Gasteiger partial charge in [-0.1, -0.05) is 11.3 Å². The number of aryl methyl sites for hydroxylation is 1. The van der Waals surface area contributed by atoms with Gasteiger partial charge in [0.2, 0.25) is 0 Å². The van der Waals surface area contributed by atoms with Crippen LogP contribution in [-0.2, 0) is 13.1 Å². The minimum atomic E-state index is 0.164. The highest BCUT2D eigenvalue weighted by atomic mass is 79.9. The van der Waals surface area contributed by atoms with Gasteiger partial charge in [-0.15, -0.1) is 5.10 Å². The Morgan fingerprint density at radius 3 is 2.68 bits per heavy atom. The summed E-state index contributed by atoms with van der Waals surface area (Å²) in [6, 6.07) is 5.92. The fourth-order valence-electron chi connectivity index (χ4n) is 1.61. The average Bonchev–Trinajstić information content (AvgIpc) is 2.84. The van der Waals surface area contributed by atoms with Crippen LogP contribution in [0.4, 0.5) is 5.69 Å². The lowest BCUT2D eigenvalue weighted by Crippen LogP contribution is -2.01. The number of nitrogens with one attached hydrogen (secondary N) is 1. The number of rotatable bonds is 6. The summed E-state index contributed by atoms with van der Waals surface area (Å²) in [7, 11) is 0. The highest BCUT2D eigenvalue weighted by molar-refractivity contribution is 9.11. The Bertz CT molecular complexity index is 524. The van der Waals surface area contributed by atoms with Gasteiger partial charge in [0.05, 0.1) is 18.4 Å². The van der Waals surface area contributed by atoms with E-state index in [4.69, 9.17) is 5.11 Å². The van der Waals surface area contributed by atoms with Crippen LogP contribution in [0.2, 0.25) is 0 Å². The number of aliphatic hydroxyl groups excluding tert-OH is 1. The summed E-state index contributed by atoms with van der Waals surface area (Å²) >= 11 is 7.00. The molecule has 0 aliphatic heterocycles. The van der Waals surface area contributed by atoms with Crippen LogP contribution < -0.4 is 5.32 Å². The lowest BCUT2D eigenvalue weighted by molar-refractivity contribution is 0.276. The van der Waals surface area contributed by atoms with E-state index in [0.29, 0.717) is 19.5 Å². The summed E-state index contributed by atoms with van der Waals surface area (Å²) in [5, 5.41) is 20.2. The third-order valence-corrected chi connectivity index (χ3v) is 3.86. The summed E-state index contributed by atoms with van der Waals surface area (Å²) in [6.45, 7) is 1.44. The molecule has 0 aliphatic rings. The molecule has 0 atom stereocenters. The molecule has 0 saturated carbocycles. The summed E-state index contributed by atoms with van der Waals surface area (Å²) in [5.41, 5.74) is 1.85. The predicted octanol–water partition coefficient (Wildman–Crippen LogP) is 2.80. The van der Waals surface area contributed by atoms with E-state index in [0.717, 1.165) is 20.3 Å². The van der Waals surface area contributed by atoms with Crippen molar-refractivity contribution in [3.8, 4) is 0 Å². The third-order valence-electron chi connectivity index (χ3n) is 2.54. The Labute approximate surface area is 128 Å². The maximum absolute atomic E-state index is 8.76. The highest BCUT2D eigenvalue weighted by Gasteiger charge is 2.06. The van der Waals surface area contributed by atoms with Crippen LogP contribution in [0, 0.1) is 0 Å². The normalized spacial score (nSPS) is 10.7. The molecular formula is C12H14Br2N4O. The van der Waals surface area contributed by atoms with E-state index >= 15 is 0 Å². The van der Waals surface area contributed by atoms with Crippen molar-refractivity contribution >= 4 is 37.5 Å². The summed E-state index contributed by atoms with van der Waals surface area (Å²) in [6.07, 6.45) is 2.57. The van der Waals surface area contributed by atoms with Gasteiger partial charge >= 0.3 is 0 Å². The highest BCUT2D eigenvalue weighted by Crippen LogP contribution is 2.30. The minimum Gasteiger partial charge on any atom is -0.396 e. The molecule has 0 radical (unpaired) electrons. The summed E-state index contributed by atoms with van der Waals surface area (Å²) in [4.78, 5) is 0. The molecule has 0 bridgehead atoms. The molecule has 0 amide bonds. The molecular weight excluding hydrogens is 376 g/mol. The lowest BCUT2D eigenvalue weighted by atomic mass is 10.3. The molecule has 19 heavy (non-hydrogen) atoms. The number of anilines is 1. The van der Waals surface area contributed by atoms with Crippen molar-refractivity contribution in [1.29, 1.82) is 0 Å². The number of nitrogens with zero attached hydrogens (tertiary/aromatic N) is 3. The molecule has 102 valence electrons. The molecule has 1 heterocycles. The smallest absolute Gasteiger partial charge is 0.102 e. The van der Waals surface area contributed by atoms with Gasteiger partial charge in [0.25, 0.3) is 0 Å². The zero-order valence-electron chi connectivity index (χ0n) is 10.2. The number of hydrogen-bond acceptors (Lipinski definition) is 4. The SMILES string of the molecule is OCCCn1cc(CNc2c(Br)cccc2Br)nn1. The molecule has 0 fully saturated rings. The number of halogens is 2. The van der Waals surface area contributed by atoms with Gasteiger partial charge in [0, 0.05) is 22.1 Å². The van der Waals surface area contributed by atoms with Gasteiger partial charge in [-0.25, -0.2) is 0 Å². The molecule has 0 spiro atoms. The van der Waals surface area contributed by atoms with Crippen molar-refractivity contribution < 1.29 is 5.11 Å². The Balaban J connectivity index is 1.97. The second kappa shape index (κ2) is 7.02. The first kappa shape index (κ1) is 14.5. The molecule has 2 aromatic rings. The van der Waals surface area contributed by atoms with E-state index in [1.54, 1.807) is 4.68 Å². The predicted molar refractivity (Wildman–Crippen MR) is 80.9 cm³/mol. The lowest BCUT2D eigenvalue weighted by Gasteiger charge is -2.08. The second-order valence-electron chi connectivity index (χ2n) is 4.00. The van der Waals surface area contributed by atoms with Crippen molar-refractivity contribution in [2.75, 3.05) is 11.9 Å². The second-order valence-corrected chi connectivity index (χ2v) is 5.71. The molecule has 0 saturated heterocycles. The van der Waals surface area contributed by atoms with Crippen LogP contribution in [0.3, 0.4) is 0 Å². The number of aromatic nitrogens is 3. The van der Waals surface area contributed by atoms with E-state index in [9.17, 15) is 0 Å². The Morgan fingerprint density at radius 1 is 1.26 bits per heavy atom. The molecule has 2 N–H and O–H groups in total. The van der Waals surface area contributed by atoms with Crippen molar-refractivity contribution in [1.82, 2.24) is 15.0 Å². The monoisotopic (exact) mass is 388 g/mol. The Hall–Kier alpha value is -0.920. The first-order chi connectivity index (χ1) is 9.20. The standard InChI is InChI=1S/C12H14Br2N4O/c13-10-3-1-4-11(14)12(10)15-7-9-8-18(17-16-9)5-2-6-19/h1,3-4,8,15,19H,2,5-7H2. The Kier molecular flexibility index (Phi) is 5.35. The topological polar surface area (TPSA) is 63.0 Å². The third kappa shape index (κ3) is 4.02. The minimum absolute atomic E-state index is 0.164. The molecule has 7 heteroatoms. The maximum Gasteiger partial charge on any atom is 0.102 e. The zero-order valence-corrected chi connectivity index (χ0v) is 13.4. The maximum atomic E-state index is 8.76. The molecule has 0 aliphatic carbocycles. The van der Waals surface area contributed by atoms with Crippen LogP contribution in [0.25, 0.3) is 0 Å². The van der Waals surface area contributed by atoms with E-state index < -0.39 is 0 Å². The van der Waals surface area contributed by atoms with Crippen molar-refractivity contribution in [2.24, 2.45) is 0 Å². The first-order valence-corrected chi connectivity index (χ1v) is 7.47. The van der Waals surface area contributed by atoms with Crippen LogP contribution in [0.15, 0.2) is 33.3 Å². The fraction of sp³-hybridized carbons (Fsp3) is 0.333. The van der Waals surface area contributed by atoms with Crippen LogP contribution in [0.5, 0.6) is 0 Å². The molecule has 0 unspecified atom stereocenters. The summed E-state index contributed by atoms with van der Waals surface area (Å²) in [5.74, 6) is 0. The van der Waals surface area contributed by atoms with Crippen LogP contribution >= 0.6 is 31.9 Å². The number of aliphatic hydroxyl groups is 1. The van der Waals surface area contributed by atoms with Crippen LogP contribution in [0.1, 0.15) is 12.1 Å². The fourth-order valence-corrected chi connectivity index (χ4v) is 2.89. The van der Waals surface area contributed by atoms with Crippen molar-refractivity contribution in [3.63, 3.8) is 0 Å². The number of para-hydroxylation sites is 1. The largest absolute Gasteiger partial charge is 0.396 e. The number of hydrogen-bond donors (Lipinski definition) is 2. The molecule has 2 rings (SSSR count). The Morgan fingerprint density at radius 2 is 2.00 bits per heavy atom.